The molecule has 2 heterocycles. The van der Waals surface area contributed by atoms with Gasteiger partial charge in [0.05, 0.1) is 18.1 Å². The number of hydrogen-bond donors (Lipinski definition) is 1. The van der Waals surface area contributed by atoms with Crippen LogP contribution in [0, 0.1) is 0 Å². The van der Waals surface area contributed by atoms with Crippen molar-refractivity contribution in [1.29, 1.82) is 0 Å². The standard InChI is InChI=1S/C16H27N3O6S/c1-3-19(13-7-10-26(23,24)11-13)15(21)14(20)17-12-5-8-18(9-6-12)16(22)25-4-2/h12-13H,3-11H2,1-2H3,(H,17,20). The Balaban J connectivity index is 1.85. The largest absolute Gasteiger partial charge is 0.450 e. The third-order valence-corrected chi connectivity index (χ3v) is 6.55. The summed E-state index contributed by atoms with van der Waals surface area (Å²) in [5.41, 5.74) is 0. The SMILES string of the molecule is CCOC(=O)N1CCC(NC(=O)C(=O)N(CC)C2CCS(=O)(=O)C2)CC1. The molecule has 0 aromatic heterocycles. The first-order valence-corrected chi connectivity index (χ1v) is 10.8. The summed E-state index contributed by atoms with van der Waals surface area (Å²) >= 11 is 0. The zero-order valence-electron chi connectivity index (χ0n) is 15.3. The molecule has 1 atom stereocenters. The van der Waals surface area contributed by atoms with Crippen LogP contribution in [0.25, 0.3) is 0 Å². The minimum absolute atomic E-state index is 0.0510. The molecule has 0 aliphatic carbocycles. The highest BCUT2D eigenvalue weighted by molar-refractivity contribution is 7.91. The van der Waals surface area contributed by atoms with Crippen molar-refractivity contribution in [2.45, 2.75) is 45.2 Å². The van der Waals surface area contributed by atoms with Crippen molar-refractivity contribution < 1.29 is 27.5 Å². The smallest absolute Gasteiger partial charge is 0.409 e. The number of carbonyl (C=O) groups is 3. The highest BCUT2D eigenvalue weighted by Crippen LogP contribution is 2.18. The molecule has 0 bridgehead atoms. The Morgan fingerprint density at radius 2 is 1.81 bits per heavy atom. The molecule has 0 radical (unpaired) electrons. The number of amides is 3. The number of hydrogen-bond acceptors (Lipinski definition) is 6. The van der Waals surface area contributed by atoms with E-state index in [2.05, 4.69) is 5.32 Å². The molecule has 2 aliphatic heterocycles. The lowest BCUT2D eigenvalue weighted by atomic mass is 10.1. The molecule has 0 spiro atoms. The average molecular weight is 389 g/mol. The quantitative estimate of drug-likeness (QED) is 0.664. The maximum absolute atomic E-state index is 12.4. The van der Waals surface area contributed by atoms with Gasteiger partial charge in [0, 0.05) is 31.7 Å². The Kier molecular flexibility index (Phi) is 6.85. The van der Waals surface area contributed by atoms with Gasteiger partial charge in [-0.15, -0.1) is 0 Å². The van der Waals surface area contributed by atoms with E-state index in [0.717, 1.165) is 0 Å². The second-order valence-electron chi connectivity index (χ2n) is 6.58. The van der Waals surface area contributed by atoms with Gasteiger partial charge < -0.3 is 19.9 Å². The second-order valence-corrected chi connectivity index (χ2v) is 8.81. The molecule has 2 aliphatic rings. The van der Waals surface area contributed by atoms with Crippen molar-refractivity contribution in [2.75, 3.05) is 37.7 Å². The van der Waals surface area contributed by atoms with Crippen LogP contribution in [0.15, 0.2) is 0 Å². The van der Waals surface area contributed by atoms with Crippen LogP contribution in [0.5, 0.6) is 0 Å². The van der Waals surface area contributed by atoms with Gasteiger partial charge >= 0.3 is 17.9 Å². The minimum atomic E-state index is -3.13. The van der Waals surface area contributed by atoms with Crippen LogP contribution >= 0.6 is 0 Å². The first-order chi connectivity index (χ1) is 12.3. The highest BCUT2D eigenvalue weighted by atomic mass is 32.2. The van der Waals surface area contributed by atoms with Crippen molar-refractivity contribution in [2.24, 2.45) is 0 Å². The third-order valence-electron chi connectivity index (χ3n) is 4.80. The van der Waals surface area contributed by atoms with E-state index in [1.54, 1.807) is 18.7 Å². The second kappa shape index (κ2) is 8.70. The van der Waals surface area contributed by atoms with Crippen LogP contribution in [0.2, 0.25) is 0 Å². The van der Waals surface area contributed by atoms with Crippen LogP contribution in [-0.4, -0.2) is 86.0 Å². The van der Waals surface area contributed by atoms with Crippen molar-refractivity contribution >= 4 is 27.7 Å². The third kappa shape index (κ3) is 5.09. The fourth-order valence-electron chi connectivity index (χ4n) is 3.39. The summed E-state index contributed by atoms with van der Waals surface area (Å²) in [5.74, 6) is -1.44. The molecule has 0 aromatic carbocycles. The van der Waals surface area contributed by atoms with Crippen molar-refractivity contribution in [3.63, 3.8) is 0 Å². The number of sulfone groups is 1. The molecule has 2 saturated heterocycles. The molecule has 3 amide bonds. The number of nitrogens with one attached hydrogen (secondary N) is 1. The summed E-state index contributed by atoms with van der Waals surface area (Å²) in [4.78, 5) is 39.3. The minimum Gasteiger partial charge on any atom is -0.450 e. The Labute approximate surface area is 153 Å². The Morgan fingerprint density at radius 1 is 1.15 bits per heavy atom. The molecular weight excluding hydrogens is 362 g/mol. The van der Waals surface area contributed by atoms with Crippen LogP contribution < -0.4 is 5.32 Å². The van der Waals surface area contributed by atoms with Crippen LogP contribution in [-0.2, 0) is 24.2 Å². The van der Waals surface area contributed by atoms with E-state index in [9.17, 15) is 22.8 Å². The lowest BCUT2D eigenvalue weighted by molar-refractivity contribution is -0.147. The van der Waals surface area contributed by atoms with E-state index >= 15 is 0 Å². The normalized spacial score (nSPS) is 22.7. The number of piperidine rings is 1. The highest BCUT2D eigenvalue weighted by Gasteiger charge is 2.36. The van der Waals surface area contributed by atoms with Crippen molar-refractivity contribution in [1.82, 2.24) is 15.1 Å². The molecule has 2 fully saturated rings. The van der Waals surface area contributed by atoms with E-state index in [1.807, 2.05) is 0 Å². The van der Waals surface area contributed by atoms with Crippen molar-refractivity contribution in [3.8, 4) is 0 Å². The van der Waals surface area contributed by atoms with Gasteiger partial charge in [-0.05, 0) is 33.1 Å². The summed E-state index contributed by atoms with van der Waals surface area (Å²) in [6.45, 7) is 4.98. The fourth-order valence-corrected chi connectivity index (χ4v) is 5.12. The predicted molar refractivity (Wildman–Crippen MR) is 94.2 cm³/mol. The molecular formula is C16H27N3O6S. The van der Waals surface area contributed by atoms with E-state index in [4.69, 9.17) is 4.74 Å². The Hall–Kier alpha value is -1.84. The molecule has 1 unspecified atom stereocenters. The Morgan fingerprint density at radius 3 is 2.31 bits per heavy atom. The topological polar surface area (TPSA) is 113 Å². The van der Waals surface area contributed by atoms with Crippen molar-refractivity contribution in [3.05, 3.63) is 0 Å². The summed E-state index contributed by atoms with van der Waals surface area (Å²) in [7, 11) is -3.13. The molecule has 9 nitrogen and oxygen atoms in total. The number of nitrogens with zero attached hydrogens (tertiary/aromatic N) is 2. The molecule has 148 valence electrons. The summed E-state index contributed by atoms with van der Waals surface area (Å²) in [6.07, 6.45) is 1.09. The van der Waals surface area contributed by atoms with Crippen LogP contribution in [0.3, 0.4) is 0 Å². The fraction of sp³-hybridized carbons (Fsp3) is 0.812. The number of carbonyl (C=O) groups excluding carboxylic acids is 3. The van der Waals surface area contributed by atoms with E-state index in [-0.39, 0.29) is 30.2 Å². The number of ether oxygens (including phenoxy) is 1. The lowest BCUT2D eigenvalue weighted by Crippen LogP contribution is -2.52. The molecule has 26 heavy (non-hydrogen) atoms. The maximum atomic E-state index is 12.4. The van der Waals surface area contributed by atoms with Crippen LogP contribution in [0.1, 0.15) is 33.1 Å². The zero-order valence-corrected chi connectivity index (χ0v) is 16.1. The van der Waals surface area contributed by atoms with Gasteiger partial charge in [0.15, 0.2) is 9.84 Å². The number of rotatable bonds is 4. The van der Waals surface area contributed by atoms with E-state index < -0.39 is 27.7 Å². The monoisotopic (exact) mass is 389 g/mol. The van der Waals surface area contributed by atoms with Gasteiger partial charge in [-0.2, -0.15) is 0 Å². The van der Waals surface area contributed by atoms with Gasteiger partial charge in [-0.3, -0.25) is 9.59 Å². The summed E-state index contributed by atoms with van der Waals surface area (Å²) < 4.78 is 28.2. The van der Waals surface area contributed by atoms with E-state index in [1.165, 1.54) is 4.90 Å². The van der Waals surface area contributed by atoms with Gasteiger partial charge in [0.1, 0.15) is 0 Å². The summed E-state index contributed by atoms with van der Waals surface area (Å²) in [5, 5.41) is 2.71. The van der Waals surface area contributed by atoms with Crippen LogP contribution in [0.4, 0.5) is 4.79 Å². The first-order valence-electron chi connectivity index (χ1n) is 9.01. The maximum Gasteiger partial charge on any atom is 0.409 e. The summed E-state index contributed by atoms with van der Waals surface area (Å²) in [6, 6.07) is -0.628. The van der Waals surface area contributed by atoms with Gasteiger partial charge in [0.25, 0.3) is 0 Å². The molecule has 0 saturated carbocycles. The first kappa shape index (κ1) is 20.5. The van der Waals surface area contributed by atoms with Gasteiger partial charge in [-0.25, -0.2) is 13.2 Å². The predicted octanol–water partition coefficient (Wildman–Crippen LogP) is -0.241. The number of likely N-dealkylation sites (N-methyl/N-ethyl adjacent to an activating group) is 1. The lowest BCUT2D eigenvalue weighted by Gasteiger charge is -2.32. The van der Waals surface area contributed by atoms with Gasteiger partial charge in [-0.1, -0.05) is 0 Å². The average Bonchev–Trinajstić information content (AvgIpc) is 2.96. The molecule has 2 rings (SSSR count). The zero-order chi connectivity index (χ0) is 19.3. The van der Waals surface area contributed by atoms with E-state index in [0.29, 0.717) is 39.0 Å². The molecule has 1 N–H and O–H groups in total. The molecule has 10 heteroatoms. The number of likely N-dealkylation sites (tertiary alicyclic amines) is 1. The Bertz CT molecular complexity index is 642. The van der Waals surface area contributed by atoms with Gasteiger partial charge in [0.2, 0.25) is 0 Å². The molecule has 0 aromatic rings.